The molecular formula is C19H22N4O5S. The van der Waals surface area contributed by atoms with E-state index in [0.29, 0.717) is 23.5 Å². The van der Waals surface area contributed by atoms with E-state index in [-0.39, 0.29) is 23.1 Å². The van der Waals surface area contributed by atoms with Crippen LogP contribution in [0.5, 0.6) is 0 Å². The summed E-state index contributed by atoms with van der Waals surface area (Å²) in [7, 11) is -3.62. The highest BCUT2D eigenvalue weighted by Crippen LogP contribution is 2.23. The Balaban J connectivity index is 2.29. The van der Waals surface area contributed by atoms with Gasteiger partial charge in [-0.05, 0) is 49.4 Å². The van der Waals surface area contributed by atoms with Crippen LogP contribution in [0, 0.1) is 0 Å². The highest BCUT2D eigenvalue weighted by molar-refractivity contribution is 7.92. The van der Waals surface area contributed by atoms with Crippen LogP contribution in [0.4, 0.5) is 17.1 Å². The molecular weight excluding hydrogens is 396 g/mol. The topological polar surface area (TPSA) is 133 Å². The van der Waals surface area contributed by atoms with E-state index in [2.05, 4.69) is 20.7 Å². The Bertz CT molecular complexity index is 1030. The molecule has 0 saturated carbocycles. The van der Waals surface area contributed by atoms with Crippen LogP contribution in [0.15, 0.2) is 42.5 Å². The molecule has 0 saturated heterocycles. The van der Waals surface area contributed by atoms with Gasteiger partial charge >= 0.3 is 0 Å². The number of carbonyl (C=O) groups is 3. The van der Waals surface area contributed by atoms with E-state index in [1.807, 2.05) is 6.92 Å². The van der Waals surface area contributed by atoms with Crippen LogP contribution < -0.4 is 20.7 Å². The fraction of sp³-hybridized carbons (Fsp3) is 0.211. The quantitative estimate of drug-likeness (QED) is 0.546. The first-order chi connectivity index (χ1) is 13.6. The van der Waals surface area contributed by atoms with E-state index >= 15 is 0 Å². The average molecular weight is 418 g/mol. The van der Waals surface area contributed by atoms with Gasteiger partial charge in [-0.15, -0.1) is 0 Å². The van der Waals surface area contributed by atoms with Gasteiger partial charge in [0.15, 0.2) is 0 Å². The van der Waals surface area contributed by atoms with Crippen molar-refractivity contribution in [1.29, 1.82) is 0 Å². The van der Waals surface area contributed by atoms with E-state index in [1.54, 1.807) is 24.3 Å². The molecule has 0 heterocycles. The largest absolute Gasteiger partial charge is 0.352 e. The number of nitrogens with one attached hydrogen (secondary N) is 4. The fourth-order valence-electron chi connectivity index (χ4n) is 2.47. The van der Waals surface area contributed by atoms with Crippen molar-refractivity contribution in [2.24, 2.45) is 0 Å². The van der Waals surface area contributed by atoms with Gasteiger partial charge in [-0.3, -0.25) is 19.1 Å². The average Bonchev–Trinajstić information content (AvgIpc) is 2.62. The van der Waals surface area contributed by atoms with Gasteiger partial charge in [-0.25, -0.2) is 8.42 Å². The van der Waals surface area contributed by atoms with Crippen LogP contribution in [-0.2, 0) is 14.8 Å². The van der Waals surface area contributed by atoms with Gasteiger partial charge in [0.2, 0.25) is 15.9 Å². The molecule has 0 aliphatic rings. The summed E-state index contributed by atoms with van der Waals surface area (Å²) in [6.07, 6.45) is 0.969. The van der Waals surface area contributed by atoms with Crippen LogP contribution in [0.2, 0.25) is 0 Å². The number of benzene rings is 2. The molecule has 2 aromatic rings. The first kappa shape index (κ1) is 21.9. The van der Waals surface area contributed by atoms with Gasteiger partial charge in [0.05, 0.1) is 17.5 Å². The van der Waals surface area contributed by atoms with E-state index < -0.39 is 15.9 Å². The summed E-state index contributed by atoms with van der Waals surface area (Å²) < 4.78 is 25.5. The number of anilines is 3. The normalized spacial score (nSPS) is 10.7. The molecule has 154 valence electrons. The second-order valence-electron chi connectivity index (χ2n) is 6.21. The van der Waals surface area contributed by atoms with Crippen molar-refractivity contribution in [3.63, 3.8) is 0 Å². The second-order valence-corrected chi connectivity index (χ2v) is 7.96. The van der Waals surface area contributed by atoms with Gasteiger partial charge < -0.3 is 16.0 Å². The molecule has 0 aliphatic heterocycles. The summed E-state index contributed by atoms with van der Waals surface area (Å²) in [6.45, 7) is 3.63. The highest BCUT2D eigenvalue weighted by atomic mass is 32.2. The lowest BCUT2D eigenvalue weighted by Gasteiger charge is -2.13. The molecule has 3 amide bonds. The van der Waals surface area contributed by atoms with Crippen molar-refractivity contribution in [1.82, 2.24) is 5.32 Å². The van der Waals surface area contributed by atoms with Crippen molar-refractivity contribution in [3.8, 4) is 0 Å². The van der Waals surface area contributed by atoms with E-state index in [1.165, 1.54) is 25.1 Å². The molecule has 0 spiro atoms. The first-order valence-electron chi connectivity index (χ1n) is 8.68. The fourth-order valence-corrected chi connectivity index (χ4v) is 3.05. The summed E-state index contributed by atoms with van der Waals surface area (Å²) in [5.41, 5.74) is 1.29. The lowest BCUT2D eigenvalue weighted by atomic mass is 10.1. The third-order valence-electron chi connectivity index (χ3n) is 3.62. The van der Waals surface area contributed by atoms with Crippen molar-refractivity contribution >= 4 is 44.8 Å². The standard InChI is InChI=1S/C19H22N4O5S/c1-4-20-18(25)13-5-7-14(8-6-13)22-19(26)16-11-15(21-12(2)24)9-10-17(16)23-29(3,27)28/h5-11,23H,4H2,1-3H3,(H,20,25)(H,21,24)(H,22,26). The zero-order chi connectivity index (χ0) is 21.6. The number of rotatable bonds is 7. The van der Waals surface area contributed by atoms with Crippen molar-refractivity contribution in [2.45, 2.75) is 13.8 Å². The van der Waals surface area contributed by atoms with E-state index in [4.69, 9.17) is 0 Å². The number of carbonyl (C=O) groups excluding carboxylic acids is 3. The van der Waals surface area contributed by atoms with Crippen LogP contribution in [0.1, 0.15) is 34.6 Å². The predicted molar refractivity (Wildman–Crippen MR) is 112 cm³/mol. The molecule has 0 aliphatic carbocycles. The third kappa shape index (κ3) is 6.61. The van der Waals surface area contributed by atoms with Crippen LogP contribution >= 0.6 is 0 Å². The second kappa shape index (κ2) is 9.20. The molecule has 9 nitrogen and oxygen atoms in total. The Kier molecular flexibility index (Phi) is 6.94. The smallest absolute Gasteiger partial charge is 0.257 e. The number of hydrogen-bond donors (Lipinski definition) is 4. The molecule has 0 bridgehead atoms. The number of hydrogen-bond acceptors (Lipinski definition) is 5. The Morgan fingerprint density at radius 1 is 0.897 bits per heavy atom. The maximum atomic E-state index is 12.7. The van der Waals surface area contributed by atoms with Crippen LogP contribution in [0.3, 0.4) is 0 Å². The Morgan fingerprint density at radius 2 is 1.52 bits per heavy atom. The molecule has 10 heteroatoms. The van der Waals surface area contributed by atoms with Crippen molar-refractivity contribution < 1.29 is 22.8 Å². The zero-order valence-electron chi connectivity index (χ0n) is 16.2. The summed E-state index contributed by atoms with van der Waals surface area (Å²) in [4.78, 5) is 35.8. The summed E-state index contributed by atoms with van der Waals surface area (Å²) >= 11 is 0. The van der Waals surface area contributed by atoms with E-state index in [0.717, 1.165) is 6.26 Å². The Hall–Kier alpha value is -3.40. The minimum Gasteiger partial charge on any atom is -0.352 e. The zero-order valence-corrected chi connectivity index (χ0v) is 17.0. The van der Waals surface area contributed by atoms with Gasteiger partial charge in [-0.2, -0.15) is 0 Å². The summed E-state index contributed by atoms with van der Waals surface area (Å²) in [5.74, 6) is -1.15. The molecule has 0 fully saturated rings. The maximum Gasteiger partial charge on any atom is 0.257 e. The maximum absolute atomic E-state index is 12.7. The minimum atomic E-state index is -3.62. The number of amides is 3. The first-order valence-corrected chi connectivity index (χ1v) is 10.6. The molecule has 2 rings (SSSR count). The van der Waals surface area contributed by atoms with Gasteiger partial charge in [0, 0.05) is 30.4 Å². The molecule has 4 N–H and O–H groups in total. The van der Waals surface area contributed by atoms with Gasteiger partial charge in [-0.1, -0.05) is 0 Å². The molecule has 0 atom stereocenters. The van der Waals surface area contributed by atoms with Crippen molar-refractivity contribution in [3.05, 3.63) is 53.6 Å². The van der Waals surface area contributed by atoms with Crippen LogP contribution in [0.25, 0.3) is 0 Å². The lowest BCUT2D eigenvalue weighted by molar-refractivity contribution is -0.114. The Morgan fingerprint density at radius 3 is 2.07 bits per heavy atom. The van der Waals surface area contributed by atoms with Crippen molar-refractivity contribution in [2.75, 3.05) is 28.2 Å². The summed E-state index contributed by atoms with van der Waals surface area (Å²) in [6, 6.07) is 10.5. The van der Waals surface area contributed by atoms with Crippen LogP contribution in [-0.4, -0.2) is 38.9 Å². The van der Waals surface area contributed by atoms with Gasteiger partial charge in [0.25, 0.3) is 11.8 Å². The van der Waals surface area contributed by atoms with Gasteiger partial charge in [0.1, 0.15) is 0 Å². The predicted octanol–water partition coefficient (Wildman–Crippen LogP) is 2.02. The highest BCUT2D eigenvalue weighted by Gasteiger charge is 2.16. The SMILES string of the molecule is CCNC(=O)c1ccc(NC(=O)c2cc(NC(C)=O)ccc2NS(C)(=O)=O)cc1. The minimum absolute atomic E-state index is 0.0227. The lowest BCUT2D eigenvalue weighted by Crippen LogP contribution is -2.22. The molecule has 2 aromatic carbocycles. The molecule has 29 heavy (non-hydrogen) atoms. The molecule has 0 aromatic heterocycles. The molecule has 0 radical (unpaired) electrons. The Labute approximate surface area is 168 Å². The molecule has 0 unspecified atom stereocenters. The van der Waals surface area contributed by atoms with E-state index in [9.17, 15) is 22.8 Å². The number of sulfonamides is 1. The summed E-state index contributed by atoms with van der Waals surface area (Å²) in [5, 5.41) is 7.86. The third-order valence-corrected chi connectivity index (χ3v) is 4.21. The monoisotopic (exact) mass is 418 g/mol.